The number of carbonyl (C=O) groups is 2. The minimum Gasteiger partial charge on any atom is -0.291 e. The van der Waals surface area contributed by atoms with E-state index in [2.05, 4.69) is 0 Å². The van der Waals surface area contributed by atoms with E-state index in [1.807, 2.05) is 20.8 Å². The molecule has 0 aromatic carbocycles. The Kier molecular flexibility index (Phi) is 2.76. The van der Waals surface area contributed by atoms with Crippen LogP contribution in [0.1, 0.15) is 34.1 Å². The van der Waals surface area contributed by atoms with Gasteiger partial charge in [0, 0.05) is 13.3 Å². The van der Waals surface area contributed by atoms with Crippen LogP contribution >= 0.6 is 0 Å². The molecule has 0 N–H and O–H groups in total. The second-order valence-electron chi connectivity index (χ2n) is 3.72. The van der Waals surface area contributed by atoms with E-state index in [1.54, 1.807) is 0 Å². The molecule has 10 heavy (non-hydrogen) atoms. The lowest BCUT2D eigenvalue weighted by Crippen LogP contribution is -2.18. The van der Waals surface area contributed by atoms with Crippen molar-refractivity contribution in [2.75, 3.05) is 0 Å². The largest absolute Gasteiger partial charge is 0.291 e. The first kappa shape index (κ1) is 9.34. The molecule has 0 amide bonds. The minimum absolute atomic E-state index is 0.0667. The fourth-order valence-electron chi connectivity index (χ4n) is 0.606. The van der Waals surface area contributed by atoms with E-state index in [9.17, 15) is 9.59 Å². The van der Waals surface area contributed by atoms with Crippen LogP contribution < -0.4 is 0 Å². The van der Waals surface area contributed by atoms with Crippen molar-refractivity contribution >= 4 is 11.6 Å². The minimum atomic E-state index is -0.338. The highest BCUT2D eigenvalue weighted by atomic mass is 16.2. The Morgan fingerprint density at radius 1 is 1.20 bits per heavy atom. The second-order valence-corrected chi connectivity index (χ2v) is 3.72. The smallest absolute Gasteiger partial charge is 0.198 e. The molecule has 0 aromatic heterocycles. The average molecular weight is 142 g/mol. The highest BCUT2D eigenvalue weighted by Crippen LogP contribution is 2.18. The van der Waals surface area contributed by atoms with Crippen molar-refractivity contribution in [3.8, 4) is 0 Å². The van der Waals surface area contributed by atoms with E-state index in [4.69, 9.17) is 0 Å². The Morgan fingerprint density at radius 3 is 1.70 bits per heavy atom. The van der Waals surface area contributed by atoms with Crippen LogP contribution in [0, 0.1) is 5.41 Å². The molecule has 0 aliphatic carbocycles. The predicted molar refractivity (Wildman–Crippen MR) is 39.8 cm³/mol. The normalized spacial score (nSPS) is 11.2. The molecule has 0 rings (SSSR count). The summed E-state index contributed by atoms with van der Waals surface area (Å²) in [6.45, 7) is 7.13. The quantitative estimate of drug-likeness (QED) is 0.548. The lowest BCUT2D eigenvalue weighted by atomic mass is 9.89. The van der Waals surface area contributed by atoms with Crippen LogP contribution in [0.5, 0.6) is 0 Å². The predicted octanol–water partition coefficient (Wildman–Crippen LogP) is 1.58. The number of hydrogen-bond acceptors (Lipinski definition) is 2. The summed E-state index contributed by atoms with van der Waals surface area (Å²) >= 11 is 0. The molecule has 0 unspecified atom stereocenters. The lowest BCUT2D eigenvalue weighted by Gasteiger charge is -2.14. The molecule has 0 bridgehead atoms. The monoisotopic (exact) mass is 142 g/mol. The third-order valence-corrected chi connectivity index (χ3v) is 1.08. The van der Waals surface area contributed by atoms with E-state index >= 15 is 0 Å². The van der Waals surface area contributed by atoms with Gasteiger partial charge in [-0.25, -0.2) is 0 Å². The molecule has 58 valence electrons. The standard InChI is InChI=1S/C8H14O2/c1-6(9)7(10)5-8(2,3)4/h5H2,1-4H3. The van der Waals surface area contributed by atoms with Gasteiger partial charge in [-0.1, -0.05) is 20.8 Å². The third-order valence-electron chi connectivity index (χ3n) is 1.08. The summed E-state index contributed by atoms with van der Waals surface area (Å²) in [5.74, 6) is -0.609. The van der Waals surface area contributed by atoms with E-state index < -0.39 is 0 Å². The molecule has 0 aliphatic heterocycles. The molecule has 0 heterocycles. The topological polar surface area (TPSA) is 34.1 Å². The van der Waals surface area contributed by atoms with Crippen molar-refractivity contribution in [1.82, 2.24) is 0 Å². The molecule has 0 aliphatic rings. The lowest BCUT2D eigenvalue weighted by molar-refractivity contribution is -0.136. The zero-order valence-electron chi connectivity index (χ0n) is 7.02. The van der Waals surface area contributed by atoms with E-state index in [1.165, 1.54) is 6.92 Å². The Balaban J connectivity index is 3.93. The second kappa shape index (κ2) is 2.95. The van der Waals surface area contributed by atoms with Gasteiger partial charge >= 0.3 is 0 Å². The van der Waals surface area contributed by atoms with Gasteiger partial charge < -0.3 is 0 Å². The van der Waals surface area contributed by atoms with Crippen molar-refractivity contribution in [3.63, 3.8) is 0 Å². The molecular formula is C8H14O2. The van der Waals surface area contributed by atoms with Gasteiger partial charge in [-0.2, -0.15) is 0 Å². The SMILES string of the molecule is CC(=O)C(=O)CC(C)(C)C. The van der Waals surface area contributed by atoms with Gasteiger partial charge in [-0.3, -0.25) is 9.59 Å². The number of ketones is 2. The van der Waals surface area contributed by atoms with Gasteiger partial charge in [-0.05, 0) is 5.41 Å². The summed E-state index contributed by atoms with van der Waals surface area (Å²) in [7, 11) is 0. The van der Waals surface area contributed by atoms with Crippen LogP contribution in [0.15, 0.2) is 0 Å². The number of Topliss-reactive ketones (excluding diaryl/α,β-unsaturated/α-hetero) is 2. The van der Waals surface area contributed by atoms with Crippen molar-refractivity contribution in [2.45, 2.75) is 34.1 Å². The van der Waals surface area contributed by atoms with Crippen molar-refractivity contribution in [1.29, 1.82) is 0 Å². The summed E-state index contributed by atoms with van der Waals surface area (Å²) in [5.41, 5.74) is -0.0667. The maximum atomic E-state index is 10.8. The molecule has 0 saturated carbocycles. The van der Waals surface area contributed by atoms with E-state index in [-0.39, 0.29) is 17.0 Å². The summed E-state index contributed by atoms with van der Waals surface area (Å²) in [6.07, 6.45) is 0.350. The van der Waals surface area contributed by atoms with Crippen molar-refractivity contribution in [3.05, 3.63) is 0 Å². The zero-order valence-corrected chi connectivity index (χ0v) is 7.02. The molecular weight excluding hydrogens is 128 g/mol. The summed E-state index contributed by atoms with van der Waals surface area (Å²) in [4.78, 5) is 21.3. The summed E-state index contributed by atoms with van der Waals surface area (Å²) in [6, 6.07) is 0. The average Bonchev–Trinajstić information content (AvgIpc) is 1.60. The maximum Gasteiger partial charge on any atom is 0.198 e. The van der Waals surface area contributed by atoms with Gasteiger partial charge in [0.25, 0.3) is 0 Å². The van der Waals surface area contributed by atoms with Crippen molar-refractivity contribution < 1.29 is 9.59 Å². The Labute approximate surface area is 61.6 Å². The maximum absolute atomic E-state index is 10.8. The molecule has 0 atom stereocenters. The first-order chi connectivity index (χ1) is 4.33. The molecule has 0 aromatic rings. The highest BCUT2D eigenvalue weighted by molar-refractivity contribution is 6.36. The van der Waals surface area contributed by atoms with Crippen LogP contribution in [-0.2, 0) is 9.59 Å². The number of hydrogen-bond donors (Lipinski definition) is 0. The number of rotatable bonds is 2. The van der Waals surface area contributed by atoms with Crippen LogP contribution in [0.4, 0.5) is 0 Å². The third kappa shape index (κ3) is 4.24. The van der Waals surface area contributed by atoms with Gasteiger partial charge in [0.15, 0.2) is 11.6 Å². The van der Waals surface area contributed by atoms with Crippen LogP contribution in [-0.4, -0.2) is 11.6 Å². The fourth-order valence-corrected chi connectivity index (χ4v) is 0.606. The molecule has 2 heteroatoms. The van der Waals surface area contributed by atoms with Crippen LogP contribution in [0.2, 0.25) is 0 Å². The van der Waals surface area contributed by atoms with Gasteiger partial charge in [-0.15, -0.1) is 0 Å². The Bertz CT molecular complexity index is 151. The highest BCUT2D eigenvalue weighted by Gasteiger charge is 2.18. The zero-order chi connectivity index (χ0) is 8.36. The Morgan fingerprint density at radius 2 is 1.60 bits per heavy atom. The van der Waals surface area contributed by atoms with Crippen molar-refractivity contribution in [2.24, 2.45) is 5.41 Å². The molecule has 0 fully saturated rings. The van der Waals surface area contributed by atoms with Gasteiger partial charge in [0.2, 0.25) is 0 Å². The first-order valence-electron chi connectivity index (χ1n) is 3.37. The van der Waals surface area contributed by atoms with Crippen LogP contribution in [0.3, 0.4) is 0 Å². The molecule has 0 spiro atoms. The molecule has 0 radical (unpaired) electrons. The Hall–Kier alpha value is -0.660. The van der Waals surface area contributed by atoms with Gasteiger partial charge in [0.1, 0.15) is 0 Å². The first-order valence-corrected chi connectivity index (χ1v) is 3.37. The molecule has 0 saturated heterocycles. The van der Waals surface area contributed by atoms with Crippen LogP contribution in [0.25, 0.3) is 0 Å². The van der Waals surface area contributed by atoms with E-state index in [0.717, 1.165) is 0 Å². The summed E-state index contributed by atoms with van der Waals surface area (Å²) in [5, 5.41) is 0. The fraction of sp³-hybridized carbons (Fsp3) is 0.750. The molecule has 2 nitrogen and oxygen atoms in total. The van der Waals surface area contributed by atoms with E-state index in [0.29, 0.717) is 6.42 Å². The van der Waals surface area contributed by atoms with Gasteiger partial charge in [0.05, 0.1) is 0 Å². The summed E-state index contributed by atoms with van der Waals surface area (Å²) < 4.78 is 0. The number of carbonyl (C=O) groups excluding carboxylic acids is 2.